The monoisotopic (exact) mass is 558 g/mol. The summed E-state index contributed by atoms with van der Waals surface area (Å²) in [5, 5.41) is 23.0. The van der Waals surface area contributed by atoms with Crippen LogP contribution in [0, 0.1) is 11.8 Å². The molecule has 210 valence electrons. The van der Waals surface area contributed by atoms with Crippen molar-refractivity contribution in [2.75, 3.05) is 6.16 Å². The number of benzene rings is 2. The average Bonchev–Trinajstić information content (AvgIpc) is 2.83. The standard InChI is InChI=1S/C28H35N2O8P/c1-17(2)26(34)37-19(4)38-27(35)29-28(5,36)39-16-23(25(32)33)30(39)24(31)18(3)15-20-11-13-22(14-12-20)21-9-7-6-8-10-21/h6-14,17-19,23,36H,15-16H2,1-5H3,(H,29,35)(H,32,33). The number of nitrogens with one attached hydrogen (secondary N) is 1. The largest absolute Gasteiger partial charge is 0.480 e. The number of carbonyl (C=O) groups is 4. The molecule has 2 amide bonds. The average molecular weight is 559 g/mol. The number of hydrogen-bond donors (Lipinski definition) is 3. The van der Waals surface area contributed by atoms with Crippen LogP contribution in [0.25, 0.3) is 11.1 Å². The number of carbonyl (C=O) groups excluding carboxylic acids is 3. The van der Waals surface area contributed by atoms with E-state index in [-0.39, 0.29) is 6.16 Å². The summed E-state index contributed by atoms with van der Waals surface area (Å²) >= 11 is 0. The molecule has 0 aliphatic carbocycles. The second-order valence-electron chi connectivity index (χ2n) is 10.00. The van der Waals surface area contributed by atoms with Crippen molar-refractivity contribution in [1.29, 1.82) is 0 Å². The number of aliphatic carboxylic acids is 1. The van der Waals surface area contributed by atoms with E-state index in [9.17, 15) is 29.4 Å². The predicted octanol–water partition coefficient (Wildman–Crippen LogP) is 4.16. The smallest absolute Gasteiger partial charge is 0.412 e. The molecular formula is C28H35N2O8P. The van der Waals surface area contributed by atoms with E-state index in [1.165, 1.54) is 18.5 Å². The number of amides is 2. The SMILES string of the molecule is CC(OC(=O)NC(C)(O)P1CC(C(=O)O)N1C(=O)C(C)Cc1ccc(-c2ccccc2)cc1)OC(=O)C(C)C. The molecule has 1 heterocycles. The molecule has 2 aromatic rings. The molecule has 0 radical (unpaired) electrons. The highest BCUT2D eigenvalue weighted by molar-refractivity contribution is 7.59. The molecule has 39 heavy (non-hydrogen) atoms. The molecule has 3 N–H and O–H groups in total. The Morgan fingerprint density at radius 1 is 1.00 bits per heavy atom. The lowest BCUT2D eigenvalue weighted by molar-refractivity contribution is -0.169. The molecule has 1 saturated heterocycles. The quantitative estimate of drug-likeness (QED) is 0.224. The molecule has 10 nitrogen and oxygen atoms in total. The first-order valence-corrected chi connectivity index (χ1v) is 14.2. The number of carboxylic acid groups (broad SMARTS) is 1. The van der Waals surface area contributed by atoms with E-state index in [0.29, 0.717) is 6.42 Å². The Bertz CT molecular complexity index is 1190. The number of esters is 1. The van der Waals surface area contributed by atoms with E-state index < -0.39 is 61.6 Å². The molecule has 1 aliphatic rings. The van der Waals surface area contributed by atoms with Crippen molar-refractivity contribution in [3.63, 3.8) is 0 Å². The number of nitrogens with zero attached hydrogens (tertiary/aromatic N) is 1. The van der Waals surface area contributed by atoms with Crippen LogP contribution in [-0.4, -0.2) is 62.8 Å². The van der Waals surface area contributed by atoms with E-state index in [1.807, 2.05) is 54.6 Å². The number of rotatable bonds is 10. The van der Waals surface area contributed by atoms with Gasteiger partial charge in [-0.2, -0.15) is 0 Å². The van der Waals surface area contributed by atoms with Crippen LogP contribution in [-0.2, 0) is 30.3 Å². The Morgan fingerprint density at radius 3 is 2.15 bits per heavy atom. The lowest BCUT2D eigenvalue weighted by atomic mass is 9.97. The van der Waals surface area contributed by atoms with Crippen LogP contribution in [0.2, 0.25) is 0 Å². The molecule has 2 aromatic carbocycles. The predicted molar refractivity (Wildman–Crippen MR) is 145 cm³/mol. The van der Waals surface area contributed by atoms with Crippen LogP contribution in [0.15, 0.2) is 54.6 Å². The number of alkyl carbamates (subject to hydrolysis) is 1. The minimum atomic E-state index is -1.94. The summed E-state index contributed by atoms with van der Waals surface area (Å²) in [6.45, 7) is 7.61. The van der Waals surface area contributed by atoms with Crippen molar-refractivity contribution in [3.05, 3.63) is 60.2 Å². The van der Waals surface area contributed by atoms with Crippen molar-refractivity contribution < 1.29 is 38.9 Å². The minimum absolute atomic E-state index is 0.0000677. The highest BCUT2D eigenvalue weighted by atomic mass is 31.1. The van der Waals surface area contributed by atoms with Crippen LogP contribution in [0.1, 0.15) is 40.2 Å². The van der Waals surface area contributed by atoms with Gasteiger partial charge in [0.05, 0.1) is 14.0 Å². The van der Waals surface area contributed by atoms with E-state index in [2.05, 4.69) is 5.32 Å². The van der Waals surface area contributed by atoms with Crippen molar-refractivity contribution >= 4 is 32.0 Å². The maximum atomic E-state index is 13.4. The van der Waals surface area contributed by atoms with Gasteiger partial charge in [0.1, 0.15) is 6.04 Å². The Balaban J connectivity index is 1.65. The first-order chi connectivity index (χ1) is 18.3. The summed E-state index contributed by atoms with van der Waals surface area (Å²) < 4.78 is 11.2. The van der Waals surface area contributed by atoms with E-state index in [4.69, 9.17) is 9.47 Å². The van der Waals surface area contributed by atoms with Crippen LogP contribution in [0.3, 0.4) is 0 Å². The molecule has 11 heteroatoms. The van der Waals surface area contributed by atoms with Crippen LogP contribution >= 0.6 is 8.07 Å². The van der Waals surface area contributed by atoms with Gasteiger partial charge >= 0.3 is 18.0 Å². The van der Waals surface area contributed by atoms with E-state index in [0.717, 1.165) is 16.7 Å². The molecule has 5 atom stereocenters. The Labute approximate surface area is 229 Å². The number of hydrogen-bond acceptors (Lipinski definition) is 7. The first-order valence-electron chi connectivity index (χ1n) is 12.7. The van der Waals surface area contributed by atoms with Gasteiger partial charge < -0.3 is 24.4 Å². The van der Waals surface area contributed by atoms with Gasteiger partial charge in [0.15, 0.2) is 5.47 Å². The fraction of sp³-hybridized carbons (Fsp3) is 0.429. The topological polar surface area (TPSA) is 142 Å². The van der Waals surface area contributed by atoms with Gasteiger partial charge in [-0.1, -0.05) is 75.4 Å². The van der Waals surface area contributed by atoms with Gasteiger partial charge in [0, 0.05) is 19.0 Å². The third kappa shape index (κ3) is 7.55. The van der Waals surface area contributed by atoms with Gasteiger partial charge in [-0.15, -0.1) is 0 Å². The van der Waals surface area contributed by atoms with E-state index >= 15 is 0 Å². The summed E-state index contributed by atoms with van der Waals surface area (Å²) in [5.41, 5.74) is 1.08. The molecule has 0 bridgehead atoms. The summed E-state index contributed by atoms with van der Waals surface area (Å²) in [5.74, 6) is -3.17. The maximum Gasteiger partial charge on any atom is 0.412 e. The highest BCUT2D eigenvalue weighted by Crippen LogP contribution is 2.60. The van der Waals surface area contributed by atoms with Gasteiger partial charge in [-0.25, -0.2) is 9.59 Å². The third-order valence-electron chi connectivity index (χ3n) is 6.30. The van der Waals surface area contributed by atoms with Crippen LogP contribution in [0.5, 0.6) is 0 Å². The van der Waals surface area contributed by atoms with Gasteiger partial charge in [0.2, 0.25) is 12.2 Å². The van der Waals surface area contributed by atoms with Crippen molar-refractivity contribution in [3.8, 4) is 11.1 Å². The first kappa shape index (κ1) is 30.1. The number of carboxylic acids is 1. The molecule has 1 fully saturated rings. The molecule has 0 spiro atoms. The molecule has 3 rings (SSSR count). The zero-order chi connectivity index (χ0) is 28.9. The van der Waals surface area contributed by atoms with Crippen molar-refractivity contribution in [2.24, 2.45) is 11.8 Å². The van der Waals surface area contributed by atoms with Gasteiger partial charge in [-0.3, -0.25) is 14.9 Å². The molecule has 0 saturated carbocycles. The van der Waals surface area contributed by atoms with E-state index in [1.54, 1.807) is 20.8 Å². The van der Waals surface area contributed by atoms with Gasteiger partial charge in [-0.05, 0) is 30.0 Å². The lowest BCUT2D eigenvalue weighted by Gasteiger charge is -2.52. The Hall–Kier alpha value is -3.49. The summed E-state index contributed by atoms with van der Waals surface area (Å²) in [6.07, 6.45) is -1.90. The zero-order valence-corrected chi connectivity index (χ0v) is 23.6. The molecule has 0 aromatic heterocycles. The number of aliphatic hydroxyl groups is 1. The zero-order valence-electron chi connectivity index (χ0n) is 22.7. The van der Waals surface area contributed by atoms with Crippen LogP contribution in [0.4, 0.5) is 4.79 Å². The summed E-state index contributed by atoms with van der Waals surface area (Å²) in [7, 11) is -1.80. The fourth-order valence-electron chi connectivity index (χ4n) is 4.14. The van der Waals surface area contributed by atoms with Crippen LogP contribution < -0.4 is 5.32 Å². The normalized spacial score (nSPS) is 19.7. The third-order valence-corrected chi connectivity index (χ3v) is 9.11. The van der Waals surface area contributed by atoms with Gasteiger partial charge in [0.25, 0.3) is 0 Å². The fourth-order valence-corrected chi connectivity index (χ4v) is 6.62. The Kier molecular flexibility index (Phi) is 9.69. The lowest BCUT2D eigenvalue weighted by Crippen LogP contribution is -2.61. The maximum absolute atomic E-state index is 13.4. The Morgan fingerprint density at radius 2 is 1.59 bits per heavy atom. The van der Waals surface area contributed by atoms with Crippen molar-refractivity contribution in [1.82, 2.24) is 9.99 Å². The second kappa shape index (κ2) is 12.6. The molecule has 1 aliphatic heterocycles. The highest BCUT2D eigenvalue weighted by Gasteiger charge is 2.55. The molecular weight excluding hydrogens is 523 g/mol. The minimum Gasteiger partial charge on any atom is -0.480 e. The second-order valence-corrected chi connectivity index (χ2v) is 12.5. The summed E-state index contributed by atoms with van der Waals surface area (Å²) in [6, 6.07) is 16.6. The summed E-state index contributed by atoms with van der Waals surface area (Å²) in [4.78, 5) is 49.3. The number of ether oxygens (including phenoxy) is 2. The molecule has 5 unspecified atom stereocenters. The van der Waals surface area contributed by atoms with Crippen molar-refractivity contribution in [2.45, 2.75) is 58.8 Å².